The van der Waals surface area contributed by atoms with Gasteiger partial charge in [-0.25, -0.2) is 4.39 Å². The predicted molar refractivity (Wildman–Crippen MR) is 102 cm³/mol. The van der Waals surface area contributed by atoms with E-state index in [0.717, 1.165) is 5.75 Å². The molecule has 2 aromatic carbocycles. The number of benzene rings is 2. The molecule has 6 nitrogen and oxygen atoms in total. The van der Waals surface area contributed by atoms with E-state index >= 15 is 0 Å². The van der Waals surface area contributed by atoms with Gasteiger partial charge < -0.3 is 15.4 Å². The molecule has 0 spiro atoms. The SMILES string of the molecule is CC(C)Oc1ccc(NC(=O)c2ccc(Nc3cccc(F)c3)nn2)cc1. The largest absolute Gasteiger partial charge is 0.491 e. The summed E-state index contributed by atoms with van der Waals surface area (Å²) in [5.74, 6) is 0.411. The van der Waals surface area contributed by atoms with E-state index in [0.29, 0.717) is 17.2 Å². The number of carbonyl (C=O) groups excluding carboxylic acids is 1. The number of nitrogens with one attached hydrogen (secondary N) is 2. The van der Waals surface area contributed by atoms with Crippen LogP contribution in [0, 0.1) is 5.82 Å². The van der Waals surface area contributed by atoms with Gasteiger partial charge in [0.2, 0.25) is 0 Å². The van der Waals surface area contributed by atoms with E-state index in [9.17, 15) is 9.18 Å². The van der Waals surface area contributed by atoms with Crippen LogP contribution in [-0.4, -0.2) is 22.2 Å². The number of anilines is 3. The number of nitrogens with zero attached hydrogens (tertiary/aromatic N) is 2. The third-order valence-electron chi connectivity index (χ3n) is 3.48. The van der Waals surface area contributed by atoms with Gasteiger partial charge in [-0.15, -0.1) is 10.2 Å². The summed E-state index contributed by atoms with van der Waals surface area (Å²) < 4.78 is 18.8. The molecule has 138 valence electrons. The molecule has 0 aliphatic heterocycles. The van der Waals surface area contributed by atoms with Crippen molar-refractivity contribution < 1.29 is 13.9 Å². The van der Waals surface area contributed by atoms with Crippen LogP contribution in [0.1, 0.15) is 24.3 Å². The van der Waals surface area contributed by atoms with E-state index in [4.69, 9.17) is 4.74 Å². The molecule has 0 aliphatic carbocycles. The third-order valence-corrected chi connectivity index (χ3v) is 3.48. The van der Waals surface area contributed by atoms with Crippen LogP contribution in [0.5, 0.6) is 5.75 Å². The zero-order chi connectivity index (χ0) is 19.2. The second kappa shape index (κ2) is 8.27. The molecule has 0 radical (unpaired) electrons. The van der Waals surface area contributed by atoms with Crippen molar-refractivity contribution in [2.24, 2.45) is 0 Å². The standard InChI is InChI=1S/C20H19FN4O2/c1-13(2)27-17-8-6-15(7-9-17)23-20(26)18-10-11-19(25-24-18)22-16-5-3-4-14(21)12-16/h3-13H,1-2H3,(H,22,25)(H,23,26). The lowest BCUT2D eigenvalue weighted by molar-refractivity contribution is 0.102. The number of ether oxygens (including phenoxy) is 1. The molecule has 27 heavy (non-hydrogen) atoms. The van der Waals surface area contributed by atoms with Gasteiger partial charge in [-0.05, 0) is 68.4 Å². The summed E-state index contributed by atoms with van der Waals surface area (Å²) in [7, 11) is 0. The van der Waals surface area contributed by atoms with E-state index in [1.165, 1.54) is 12.1 Å². The molecule has 3 aromatic rings. The average molecular weight is 366 g/mol. The fourth-order valence-corrected chi connectivity index (χ4v) is 2.32. The summed E-state index contributed by atoms with van der Waals surface area (Å²) in [6.07, 6.45) is 0.0835. The van der Waals surface area contributed by atoms with Crippen molar-refractivity contribution in [2.45, 2.75) is 20.0 Å². The lowest BCUT2D eigenvalue weighted by Gasteiger charge is -2.10. The number of hydrogen-bond donors (Lipinski definition) is 2. The Bertz CT molecular complexity index is 912. The van der Waals surface area contributed by atoms with E-state index in [1.807, 2.05) is 13.8 Å². The Hall–Kier alpha value is -3.48. The first-order chi connectivity index (χ1) is 13.0. The predicted octanol–water partition coefficient (Wildman–Crippen LogP) is 4.40. The van der Waals surface area contributed by atoms with Crippen LogP contribution in [0.3, 0.4) is 0 Å². The highest BCUT2D eigenvalue weighted by atomic mass is 19.1. The Morgan fingerprint density at radius 1 is 1.00 bits per heavy atom. The van der Waals surface area contributed by atoms with Gasteiger partial charge in [0.1, 0.15) is 11.6 Å². The third kappa shape index (κ3) is 5.24. The smallest absolute Gasteiger partial charge is 0.276 e. The van der Waals surface area contributed by atoms with Crippen LogP contribution in [0.15, 0.2) is 60.7 Å². The minimum atomic E-state index is -0.377. The maximum Gasteiger partial charge on any atom is 0.276 e. The topological polar surface area (TPSA) is 76.1 Å². The number of hydrogen-bond acceptors (Lipinski definition) is 5. The Balaban J connectivity index is 1.61. The summed E-state index contributed by atoms with van der Waals surface area (Å²) in [6.45, 7) is 3.89. The molecule has 0 aliphatic rings. The molecule has 3 rings (SSSR count). The molecule has 0 atom stereocenters. The number of rotatable bonds is 6. The Morgan fingerprint density at radius 2 is 1.78 bits per heavy atom. The Labute approximate surface area is 156 Å². The van der Waals surface area contributed by atoms with Gasteiger partial charge in [-0.3, -0.25) is 4.79 Å². The quantitative estimate of drug-likeness (QED) is 0.676. The molecule has 1 heterocycles. The summed E-state index contributed by atoms with van der Waals surface area (Å²) in [6, 6.07) is 16.2. The zero-order valence-electron chi connectivity index (χ0n) is 14.9. The first-order valence-corrected chi connectivity index (χ1v) is 8.44. The molecule has 2 N–H and O–H groups in total. The molecular weight excluding hydrogens is 347 g/mol. The highest BCUT2D eigenvalue weighted by Gasteiger charge is 2.09. The summed E-state index contributed by atoms with van der Waals surface area (Å²) in [4.78, 5) is 12.3. The lowest BCUT2D eigenvalue weighted by Crippen LogP contribution is -2.14. The van der Waals surface area contributed by atoms with Crippen molar-refractivity contribution in [3.8, 4) is 5.75 Å². The lowest BCUT2D eigenvalue weighted by atomic mass is 10.2. The number of aromatic nitrogens is 2. The minimum Gasteiger partial charge on any atom is -0.491 e. The fourth-order valence-electron chi connectivity index (χ4n) is 2.32. The second-order valence-corrected chi connectivity index (χ2v) is 6.08. The Kier molecular flexibility index (Phi) is 5.61. The molecule has 0 fully saturated rings. The van der Waals surface area contributed by atoms with Crippen LogP contribution < -0.4 is 15.4 Å². The van der Waals surface area contributed by atoms with Crippen molar-refractivity contribution >= 4 is 23.1 Å². The fraction of sp³-hybridized carbons (Fsp3) is 0.150. The van der Waals surface area contributed by atoms with Crippen molar-refractivity contribution in [1.29, 1.82) is 0 Å². The highest BCUT2D eigenvalue weighted by molar-refractivity contribution is 6.02. The minimum absolute atomic E-state index is 0.0835. The molecular formula is C20H19FN4O2. The van der Waals surface area contributed by atoms with E-state index in [-0.39, 0.29) is 23.5 Å². The van der Waals surface area contributed by atoms with Gasteiger partial charge in [0.15, 0.2) is 11.5 Å². The van der Waals surface area contributed by atoms with Crippen molar-refractivity contribution in [1.82, 2.24) is 10.2 Å². The van der Waals surface area contributed by atoms with Crippen molar-refractivity contribution in [3.05, 3.63) is 72.2 Å². The molecule has 1 amide bonds. The summed E-state index contributed by atoms with van der Waals surface area (Å²) in [5, 5.41) is 13.5. The normalized spacial score (nSPS) is 10.5. The monoisotopic (exact) mass is 366 g/mol. The maximum atomic E-state index is 13.2. The van der Waals surface area contributed by atoms with E-state index < -0.39 is 0 Å². The van der Waals surface area contributed by atoms with Crippen LogP contribution in [0.2, 0.25) is 0 Å². The summed E-state index contributed by atoms with van der Waals surface area (Å²) >= 11 is 0. The van der Waals surface area contributed by atoms with Gasteiger partial charge in [0, 0.05) is 11.4 Å². The Morgan fingerprint density at radius 3 is 2.41 bits per heavy atom. The summed E-state index contributed by atoms with van der Waals surface area (Å²) in [5.41, 5.74) is 1.34. The number of carbonyl (C=O) groups is 1. The molecule has 7 heteroatoms. The van der Waals surface area contributed by atoms with Crippen LogP contribution in [0.25, 0.3) is 0 Å². The van der Waals surface area contributed by atoms with Gasteiger partial charge in [0.25, 0.3) is 5.91 Å². The molecule has 1 aromatic heterocycles. The van der Waals surface area contributed by atoms with Gasteiger partial charge in [-0.2, -0.15) is 0 Å². The van der Waals surface area contributed by atoms with Crippen LogP contribution in [-0.2, 0) is 0 Å². The number of halogens is 1. The van der Waals surface area contributed by atoms with E-state index in [2.05, 4.69) is 20.8 Å². The molecule has 0 unspecified atom stereocenters. The maximum absolute atomic E-state index is 13.2. The van der Waals surface area contributed by atoms with Crippen LogP contribution >= 0.6 is 0 Å². The van der Waals surface area contributed by atoms with Gasteiger partial charge >= 0.3 is 0 Å². The average Bonchev–Trinajstić information content (AvgIpc) is 2.63. The molecule has 0 bridgehead atoms. The highest BCUT2D eigenvalue weighted by Crippen LogP contribution is 2.18. The molecule has 0 saturated heterocycles. The zero-order valence-corrected chi connectivity index (χ0v) is 14.9. The van der Waals surface area contributed by atoms with Crippen molar-refractivity contribution in [3.63, 3.8) is 0 Å². The molecule has 0 saturated carbocycles. The van der Waals surface area contributed by atoms with Gasteiger partial charge in [-0.1, -0.05) is 6.07 Å². The van der Waals surface area contributed by atoms with Crippen LogP contribution in [0.4, 0.5) is 21.6 Å². The first-order valence-electron chi connectivity index (χ1n) is 8.44. The van der Waals surface area contributed by atoms with E-state index in [1.54, 1.807) is 48.5 Å². The second-order valence-electron chi connectivity index (χ2n) is 6.08. The van der Waals surface area contributed by atoms with Gasteiger partial charge in [0.05, 0.1) is 6.10 Å². The number of amides is 1. The first kappa shape index (κ1) is 18.3. The van der Waals surface area contributed by atoms with Crippen molar-refractivity contribution in [2.75, 3.05) is 10.6 Å².